The van der Waals surface area contributed by atoms with Gasteiger partial charge in [-0.05, 0) is 38.0 Å². The highest BCUT2D eigenvalue weighted by Gasteiger charge is 2.22. The van der Waals surface area contributed by atoms with Crippen LogP contribution in [-0.2, 0) is 6.42 Å². The molecule has 0 amide bonds. The molecule has 3 nitrogen and oxygen atoms in total. The molecule has 18 heavy (non-hydrogen) atoms. The molecule has 1 saturated heterocycles. The first-order chi connectivity index (χ1) is 8.48. The van der Waals surface area contributed by atoms with Gasteiger partial charge in [-0.1, -0.05) is 6.07 Å². The summed E-state index contributed by atoms with van der Waals surface area (Å²) in [5, 5.41) is 0. The van der Waals surface area contributed by atoms with Crippen LogP contribution in [0.3, 0.4) is 0 Å². The Kier molecular flexibility index (Phi) is 4.07. The molecule has 1 heterocycles. The normalized spacial score (nSPS) is 16.2. The zero-order chi connectivity index (χ0) is 13.2. The maximum atomic E-state index is 6.03. The number of thioether (sulfide) groups is 1. The van der Waals surface area contributed by atoms with E-state index in [1.165, 1.54) is 5.56 Å². The Morgan fingerprint density at radius 1 is 1.33 bits per heavy atom. The van der Waals surface area contributed by atoms with Crippen LogP contribution >= 0.6 is 11.8 Å². The zero-order valence-corrected chi connectivity index (χ0v) is 12.0. The van der Waals surface area contributed by atoms with E-state index in [-0.39, 0.29) is 5.54 Å². The van der Waals surface area contributed by atoms with Crippen LogP contribution in [0.5, 0.6) is 11.5 Å². The second-order valence-electron chi connectivity index (χ2n) is 5.43. The molecule has 4 heteroatoms. The molecule has 0 spiro atoms. The summed E-state index contributed by atoms with van der Waals surface area (Å²) in [6, 6.07) is 6.08. The van der Waals surface area contributed by atoms with Crippen molar-refractivity contribution in [1.82, 2.24) is 0 Å². The van der Waals surface area contributed by atoms with Crippen molar-refractivity contribution >= 4 is 11.8 Å². The van der Waals surface area contributed by atoms with Crippen molar-refractivity contribution in [2.45, 2.75) is 31.9 Å². The second kappa shape index (κ2) is 5.41. The molecule has 100 valence electrons. The number of benzene rings is 1. The van der Waals surface area contributed by atoms with Gasteiger partial charge < -0.3 is 15.2 Å². The molecule has 0 unspecified atom stereocenters. The fourth-order valence-electron chi connectivity index (χ4n) is 1.91. The van der Waals surface area contributed by atoms with Crippen LogP contribution in [0.2, 0.25) is 0 Å². The van der Waals surface area contributed by atoms with E-state index in [2.05, 4.69) is 6.07 Å². The van der Waals surface area contributed by atoms with Crippen molar-refractivity contribution in [2.75, 3.05) is 18.6 Å². The lowest BCUT2D eigenvalue weighted by molar-refractivity contribution is 0.228. The molecular weight excluding hydrogens is 246 g/mol. The molecule has 1 aromatic rings. The van der Waals surface area contributed by atoms with E-state index in [0.29, 0.717) is 6.10 Å². The van der Waals surface area contributed by atoms with Gasteiger partial charge in [-0.3, -0.25) is 0 Å². The molecule has 0 atom stereocenters. The minimum atomic E-state index is -0.210. The lowest BCUT2D eigenvalue weighted by Gasteiger charge is -2.27. The summed E-state index contributed by atoms with van der Waals surface area (Å²) in [6.07, 6.45) is 1.16. The van der Waals surface area contributed by atoms with Crippen molar-refractivity contribution in [3.8, 4) is 11.5 Å². The molecule has 0 bridgehead atoms. The standard InChI is InChI=1S/C14H21NO2S/c1-14(2,15)7-10-4-5-12(13(6-10)16-3)17-11-8-18-9-11/h4-6,11H,7-9,15H2,1-3H3. The van der Waals surface area contributed by atoms with Gasteiger partial charge >= 0.3 is 0 Å². The first-order valence-electron chi connectivity index (χ1n) is 6.18. The van der Waals surface area contributed by atoms with Gasteiger partial charge in [0.05, 0.1) is 7.11 Å². The summed E-state index contributed by atoms with van der Waals surface area (Å²) in [5.74, 6) is 3.77. The summed E-state index contributed by atoms with van der Waals surface area (Å²) in [4.78, 5) is 0. The number of nitrogens with two attached hydrogens (primary N) is 1. The van der Waals surface area contributed by atoms with Crippen molar-refractivity contribution in [3.05, 3.63) is 23.8 Å². The van der Waals surface area contributed by atoms with E-state index < -0.39 is 0 Å². The Morgan fingerprint density at radius 2 is 2.06 bits per heavy atom. The van der Waals surface area contributed by atoms with Crippen molar-refractivity contribution in [3.63, 3.8) is 0 Å². The van der Waals surface area contributed by atoms with Crippen LogP contribution in [-0.4, -0.2) is 30.3 Å². The molecule has 2 rings (SSSR count). The summed E-state index contributed by atoms with van der Waals surface area (Å²) in [5.41, 5.74) is 7.00. The van der Waals surface area contributed by atoms with Crippen molar-refractivity contribution in [2.24, 2.45) is 5.73 Å². The van der Waals surface area contributed by atoms with Crippen LogP contribution < -0.4 is 15.2 Å². The first kappa shape index (κ1) is 13.6. The lowest BCUT2D eigenvalue weighted by atomic mass is 9.96. The van der Waals surface area contributed by atoms with Crippen LogP contribution in [0.15, 0.2) is 18.2 Å². The fraction of sp³-hybridized carbons (Fsp3) is 0.571. The largest absolute Gasteiger partial charge is 0.493 e. The van der Waals surface area contributed by atoms with E-state index in [1.54, 1.807) is 7.11 Å². The van der Waals surface area contributed by atoms with Crippen LogP contribution in [0.1, 0.15) is 19.4 Å². The van der Waals surface area contributed by atoms with E-state index in [9.17, 15) is 0 Å². The molecule has 0 aromatic heterocycles. The summed E-state index contributed by atoms with van der Waals surface area (Å²) in [7, 11) is 1.68. The molecule has 1 fully saturated rings. The zero-order valence-electron chi connectivity index (χ0n) is 11.2. The van der Waals surface area contributed by atoms with E-state index >= 15 is 0 Å². The Hall–Kier alpha value is -0.870. The molecule has 1 aliphatic heterocycles. The third-order valence-electron chi connectivity index (χ3n) is 2.79. The van der Waals surface area contributed by atoms with Crippen molar-refractivity contribution in [1.29, 1.82) is 0 Å². The predicted molar refractivity (Wildman–Crippen MR) is 76.7 cm³/mol. The quantitative estimate of drug-likeness (QED) is 0.890. The minimum Gasteiger partial charge on any atom is -0.493 e. The predicted octanol–water partition coefficient (Wildman–Crippen LogP) is 2.47. The van der Waals surface area contributed by atoms with Gasteiger partial charge in [0.25, 0.3) is 0 Å². The van der Waals surface area contributed by atoms with Crippen LogP contribution in [0, 0.1) is 0 Å². The highest BCUT2D eigenvalue weighted by atomic mass is 32.2. The Balaban J connectivity index is 2.11. The Labute approximate surface area is 113 Å². The minimum absolute atomic E-state index is 0.210. The van der Waals surface area contributed by atoms with Gasteiger partial charge in [0.2, 0.25) is 0 Å². The maximum Gasteiger partial charge on any atom is 0.161 e. The number of hydrogen-bond donors (Lipinski definition) is 1. The summed E-state index contributed by atoms with van der Waals surface area (Å²) < 4.78 is 11.3. The number of hydrogen-bond acceptors (Lipinski definition) is 4. The van der Waals surface area contributed by atoms with E-state index in [1.807, 2.05) is 37.7 Å². The van der Waals surface area contributed by atoms with Crippen LogP contribution in [0.4, 0.5) is 0 Å². The second-order valence-corrected chi connectivity index (χ2v) is 6.50. The lowest BCUT2D eigenvalue weighted by Crippen LogP contribution is -2.34. The number of ether oxygens (including phenoxy) is 2. The average molecular weight is 267 g/mol. The fourth-order valence-corrected chi connectivity index (χ4v) is 2.47. The monoisotopic (exact) mass is 267 g/mol. The molecule has 0 aliphatic carbocycles. The van der Waals surface area contributed by atoms with Gasteiger partial charge in [0, 0.05) is 17.0 Å². The Morgan fingerprint density at radius 3 is 2.56 bits per heavy atom. The SMILES string of the molecule is COc1cc(CC(C)(C)N)ccc1OC1CSC1. The molecule has 1 aliphatic rings. The summed E-state index contributed by atoms with van der Waals surface area (Å²) in [6.45, 7) is 4.05. The van der Waals surface area contributed by atoms with Crippen LogP contribution in [0.25, 0.3) is 0 Å². The molecule has 0 radical (unpaired) electrons. The van der Waals surface area contributed by atoms with Gasteiger partial charge in [-0.15, -0.1) is 0 Å². The van der Waals surface area contributed by atoms with Gasteiger partial charge in [0.1, 0.15) is 6.10 Å². The third kappa shape index (κ3) is 3.56. The highest BCUT2D eigenvalue weighted by molar-refractivity contribution is 8.00. The van der Waals surface area contributed by atoms with Gasteiger partial charge in [-0.2, -0.15) is 11.8 Å². The number of methoxy groups -OCH3 is 1. The highest BCUT2D eigenvalue weighted by Crippen LogP contribution is 2.32. The topological polar surface area (TPSA) is 44.5 Å². The average Bonchev–Trinajstić information content (AvgIpc) is 2.22. The molecular formula is C14H21NO2S. The van der Waals surface area contributed by atoms with E-state index in [4.69, 9.17) is 15.2 Å². The van der Waals surface area contributed by atoms with Gasteiger partial charge in [-0.25, -0.2) is 0 Å². The smallest absolute Gasteiger partial charge is 0.161 e. The molecule has 2 N–H and O–H groups in total. The van der Waals surface area contributed by atoms with Crippen molar-refractivity contribution < 1.29 is 9.47 Å². The third-order valence-corrected chi connectivity index (χ3v) is 4.00. The number of rotatable bonds is 5. The maximum absolute atomic E-state index is 6.03. The van der Waals surface area contributed by atoms with E-state index in [0.717, 1.165) is 29.4 Å². The summed E-state index contributed by atoms with van der Waals surface area (Å²) >= 11 is 1.91. The molecule has 1 aromatic carbocycles. The Bertz CT molecular complexity index is 411. The van der Waals surface area contributed by atoms with Gasteiger partial charge in [0.15, 0.2) is 11.5 Å². The first-order valence-corrected chi connectivity index (χ1v) is 7.33. The molecule has 0 saturated carbocycles.